The molecule has 6 heteroatoms. The normalized spacial score (nSPS) is 11.9. The van der Waals surface area contributed by atoms with E-state index in [2.05, 4.69) is 4.98 Å². The number of hydrogen-bond donors (Lipinski definition) is 0. The predicted molar refractivity (Wildman–Crippen MR) is 50.0 cm³/mol. The minimum absolute atomic E-state index is 0.0136. The smallest absolute Gasteiger partial charge is 0.417 e. The van der Waals surface area contributed by atoms with Gasteiger partial charge in [0.2, 0.25) is 5.88 Å². The molecule has 84 valence electrons. The lowest BCUT2D eigenvalue weighted by Gasteiger charge is -2.12. The van der Waals surface area contributed by atoms with Gasteiger partial charge in [-0.3, -0.25) is 0 Å². The minimum Gasteiger partial charge on any atom is -0.474 e. The third kappa shape index (κ3) is 3.27. The van der Waals surface area contributed by atoms with Gasteiger partial charge in [-0.25, -0.2) is 4.98 Å². The number of rotatable bonds is 2. The fraction of sp³-hybridized carbons (Fsp3) is 0.444. The van der Waals surface area contributed by atoms with Crippen molar-refractivity contribution in [3.05, 3.63) is 22.8 Å². The van der Waals surface area contributed by atoms with E-state index in [4.69, 9.17) is 16.3 Å². The van der Waals surface area contributed by atoms with Crippen molar-refractivity contribution in [3.8, 4) is 5.88 Å². The zero-order chi connectivity index (χ0) is 11.6. The average Bonchev–Trinajstić information content (AvgIpc) is 2.05. The van der Waals surface area contributed by atoms with Crippen molar-refractivity contribution >= 4 is 11.6 Å². The van der Waals surface area contributed by atoms with E-state index < -0.39 is 11.7 Å². The summed E-state index contributed by atoms with van der Waals surface area (Å²) in [5.74, 6) is 0.0136. The summed E-state index contributed by atoms with van der Waals surface area (Å²) in [7, 11) is 0. The number of alkyl halides is 3. The molecule has 1 aromatic rings. The fourth-order valence-corrected chi connectivity index (χ4v) is 1.10. The lowest BCUT2D eigenvalue weighted by molar-refractivity contribution is -0.137. The molecule has 0 N–H and O–H groups in total. The SMILES string of the molecule is CC(C)Oc1ncc(C(F)(F)F)cc1Cl. The lowest BCUT2D eigenvalue weighted by atomic mass is 10.3. The van der Waals surface area contributed by atoms with Crippen molar-refractivity contribution in [1.29, 1.82) is 0 Å². The van der Waals surface area contributed by atoms with Crippen molar-refractivity contribution in [2.75, 3.05) is 0 Å². The van der Waals surface area contributed by atoms with Gasteiger partial charge in [-0.15, -0.1) is 0 Å². The highest BCUT2D eigenvalue weighted by molar-refractivity contribution is 6.31. The molecule has 0 aliphatic heterocycles. The van der Waals surface area contributed by atoms with Crippen molar-refractivity contribution in [3.63, 3.8) is 0 Å². The first-order valence-electron chi connectivity index (χ1n) is 4.20. The number of aromatic nitrogens is 1. The molecule has 2 nitrogen and oxygen atoms in total. The van der Waals surface area contributed by atoms with E-state index in [9.17, 15) is 13.2 Å². The highest BCUT2D eigenvalue weighted by Crippen LogP contribution is 2.33. The molecule has 0 atom stereocenters. The quantitative estimate of drug-likeness (QED) is 0.788. The van der Waals surface area contributed by atoms with E-state index in [1.165, 1.54) is 0 Å². The molecule has 0 aromatic carbocycles. The van der Waals surface area contributed by atoms with E-state index in [0.29, 0.717) is 6.20 Å². The average molecular weight is 240 g/mol. The standard InChI is InChI=1S/C9H9ClF3NO/c1-5(2)15-8-7(10)3-6(4-14-8)9(11,12)13/h3-5H,1-2H3. The maximum Gasteiger partial charge on any atom is 0.417 e. The van der Waals surface area contributed by atoms with Crippen molar-refractivity contribution in [2.24, 2.45) is 0 Å². The third-order valence-electron chi connectivity index (χ3n) is 1.48. The minimum atomic E-state index is -4.44. The monoisotopic (exact) mass is 239 g/mol. The Labute approximate surface area is 90.0 Å². The van der Waals surface area contributed by atoms with Crippen molar-refractivity contribution < 1.29 is 17.9 Å². The van der Waals surface area contributed by atoms with E-state index >= 15 is 0 Å². The zero-order valence-corrected chi connectivity index (χ0v) is 8.86. The Morgan fingerprint density at radius 3 is 2.40 bits per heavy atom. The summed E-state index contributed by atoms with van der Waals surface area (Å²) < 4.78 is 41.8. The summed E-state index contributed by atoms with van der Waals surface area (Å²) >= 11 is 5.59. The second kappa shape index (κ2) is 4.26. The van der Waals surface area contributed by atoms with Crippen LogP contribution in [0.1, 0.15) is 19.4 Å². The summed E-state index contributed by atoms with van der Waals surface area (Å²) in [6, 6.07) is 0.798. The second-order valence-corrected chi connectivity index (χ2v) is 3.58. The van der Waals surface area contributed by atoms with Gasteiger partial charge in [-0.1, -0.05) is 11.6 Å². The molecule has 0 aliphatic rings. The van der Waals surface area contributed by atoms with Crippen molar-refractivity contribution in [2.45, 2.75) is 26.1 Å². The topological polar surface area (TPSA) is 22.1 Å². The summed E-state index contributed by atoms with van der Waals surface area (Å²) in [5, 5.41) is -0.140. The van der Waals surface area contributed by atoms with Crippen LogP contribution in [0.3, 0.4) is 0 Å². The van der Waals surface area contributed by atoms with Crippen LogP contribution in [0.4, 0.5) is 13.2 Å². The molecule has 0 aliphatic carbocycles. The van der Waals surface area contributed by atoms with E-state index in [1.807, 2.05) is 0 Å². The Morgan fingerprint density at radius 2 is 2.00 bits per heavy atom. The summed E-state index contributed by atoms with van der Waals surface area (Å²) in [6.45, 7) is 3.46. The van der Waals surface area contributed by atoms with Gasteiger partial charge in [0.25, 0.3) is 0 Å². The van der Waals surface area contributed by atoms with Gasteiger partial charge in [-0.05, 0) is 19.9 Å². The Bertz CT molecular complexity index is 352. The molecule has 0 spiro atoms. The molecule has 0 unspecified atom stereocenters. The summed E-state index contributed by atoms with van der Waals surface area (Å²) in [5.41, 5.74) is -0.886. The molecule has 0 amide bonds. The molecule has 0 fully saturated rings. The van der Waals surface area contributed by atoms with E-state index in [1.54, 1.807) is 13.8 Å². The fourth-order valence-electron chi connectivity index (χ4n) is 0.890. The van der Waals surface area contributed by atoms with Gasteiger partial charge >= 0.3 is 6.18 Å². The molecule has 1 aromatic heterocycles. The predicted octanol–water partition coefficient (Wildman–Crippen LogP) is 3.54. The number of hydrogen-bond acceptors (Lipinski definition) is 2. The maximum absolute atomic E-state index is 12.2. The van der Waals surface area contributed by atoms with E-state index in [-0.39, 0.29) is 17.0 Å². The highest BCUT2D eigenvalue weighted by Gasteiger charge is 2.31. The lowest BCUT2D eigenvalue weighted by Crippen LogP contribution is -2.10. The van der Waals surface area contributed by atoms with Crippen LogP contribution in [-0.2, 0) is 6.18 Å². The zero-order valence-electron chi connectivity index (χ0n) is 8.10. The second-order valence-electron chi connectivity index (χ2n) is 3.18. The molecule has 0 saturated heterocycles. The van der Waals surface area contributed by atoms with Crippen LogP contribution < -0.4 is 4.74 Å². The Balaban J connectivity index is 2.98. The van der Waals surface area contributed by atoms with Crippen LogP contribution in [0.5, 0.6) is 5.88 Å². The van der Waals surface area contributed by atoms with Gasteiger partial charge in [-0.2, -0.15) is 13.2 Å². The van der Waals surface area contributed by atoms with Gasteiger partial charge in [0, 0.05) is 6.20 Å². The molecule has 0 bridgehead atoms. The number of ether oxygens (including phenoxy) is 1. The molecule has 1 heterocycles. The van der Waals surface area contributed by atoms with Crippen LogP contribution in [0.25, 0.3) is 0 Å². The van der Waals surface area contributed by atoms with Gasteiger partial charge in [0.05, 0.1) is 11.7 Å². The summed E-state index contributed by atoms with van der Waals surface area (Å²) in [6.07, 6.45) is -3.93. The number of halogens is 4. The van der Waals surface area contributed by atoms with E-state index in [0.717, 1.165) is 6.07 Å². The summed E-state index contributed by atoms with van der Waals surface area (Å²) in [4.78, 5) is 3.51. The highest BCUT2D eigenvalue weighted by atomic mass is 35.5. The van der Waals surface area contributed by atoms with Gasteiger partial charge in [0.1, 0.15) is 5.02 Å². The van der Waals surface area contributed by atoms with Crippen LogP contribution >= 0.6 is 11.6 Å². The third-order valence-corrected chi connectivity index (χ3v) is 1.75. The Kier molecular flexibility index (Phi) is 3.44. The molecule has 1 rings (SSSR count). The number of pyridine rings is 1. The van der Waals surface area contributed by atoms with Crippen LogP contribution in [0.15, 0.2) is 12.3 Å². The van der Waals surface area contributed by atoms with Crippen LogP contribution in [0.2, 0.25) is 5.02 Å². The molecule has 0 saturated carbocycles. The number of nitrogens with zero attached hydrogens (tertiary/aromatic N) is 1. The van der Waals surface area contributed by atoms with Crippen LogP contribution in [-0.4, -0.2) is 11.1 Å². The first kappa shape index (κ1) is 12.1. The molecular formula is C9H9ClF3NO. The Morgan fingerprint density at radius 1 is 1.40 bits per heavy atom. The molecular weight excluding hydrogens is 231 g/mol. The largest absolute Gasteiger partial charge is 0.474 e. The van der Waals surface area contributed by atoms with Crippen LogP contribution in [0, 0.1) is 0 Å². The molecule has 15 heavy (non-hydrogen) atoms. The molecule has 0 radical (unpaired) electrons. The first-order valence-corrected chi connectivity index (χ1v) is 4.58. The van der Waals surface area contributed by atoms with Crippen molar-refractivity contribution in [1.82, 2.24) is 4.98 Å². The van der Waals surface area contributed by atoms with Gasteiger partial charge in [0.15, 0.2) is 0 Å². The maximum atomic E-state index is 12.2. The van der Waals surface area contributed by atoms with Gasteiger partial charge < -0.3 is 4.74 Å². The first-order chi connectivity index (χ1) is 6.80. The Hall–Kier alpha value is -0.970.